The molecule has 0 bridgehead atoms. The molecule has 0 unspecified atom stereocenters. The molecular formula is C25H16F3N3O2S. The molecule has 5 nitrogen and oxygen atoms in total. The Morgan fingerprint density at radius 1 is 0.971 bits per heavy atom. The first-order valence-electron chi connectivity index (χ1n) is 10.2. The summed E-state index contributed by atoms with van der Waals surface area (Å²) in [6, 6.07) is 20.3. The molecule has 0 atom stereocenters. The first-order chi connectivity index (χ1) is 16.3. The molecule has 0 radical (unpaired) electrons. The monoisotopic (exact) mass is 479 g/mol. The molecule has 0 fully saturated rings. The number of nitrogens with zero attached hydrogens (tertiary/aromatic N) is 2. The largest absolute Gasteiger partial charge is 0.416 e. The van der Waals surface area contributed by atoms with Crippen molar-refractivity contribution in [2.24, 2.45) is 0 Å². The molecule has 0 aliphatic rings. The minimum Gasteiger partial charge on any atom is -0.349 e. The van der Waals surface area contributed by atoms with Crippen LogP contribution in [-0.2, 0) is 6.18 Å². The third-order valence-corrected chi connectivity index (χ3v) is 6.29. The fraction of sp³-hybridized carbons (Fsp3) is 0.0800. The number of halogens is 3. The smallest absolute Gasteiger partial charge is 0.349 e. The van der Waals surface area contributed by atoms with Crippen molar-refractivity contribution in [2.75, 3.05) is 5.75 Å². The molecule has 9 heteroatoms. The van der Waals surface area contributed by atoms with Crippen LogP contribution in [-0.4, -0.2) is 26.1 Å². The van der Waals surface area contributed by atoms with Crippen LogP contribution in [0.15, 0.2) is 88.8 Å². The number of carbonyl (C=O) groups is 1. The quantitative estimate of drug-likeness (QED) is 0.195. The van der Waals surface area contributed by atoms with Crippen molar-refractivity contribution in [1.29, 1.82) is 0 Å². The number of aromatic nitrogens is 3. The van der Waals surface area contributed by atoms with Gasteiger partial charge in [-0.15, -0.1) is 0 Å². The van der Waals surface area contributed by atoms with Crippen LogP contribution < -0.4 is 5.56 Å². The maximum atomic E-state index is 13.5. The summed E-state index contributed by atoms with van der Waals surface area (Å²) < 4.78 is 41.2. The van der Waals surface area contributed by atoms with E-state index in [2.05, 4.69) is 9.97 Å². The Morgan fingerprint density at radius 2 is 1.71 bits per heavy atom. The molecule has 1 N–H and O–H groups in total. The van der Waals surface area contributed by atoms with Gasteiger partial charge in [0.15, 0.2) is 10.9 Å². The summed E-state index contributed by atoms with van der Waals surface area (Å²) in [5, 5.41) is 0.841. The second-order valence-electron chi connectivity index (χ2n) is 7.56. The number of hydrogen-bond acceptors (Lipinski definition) is 4. The average Bonchev–Trinajstić information content (AvgIpc) is 3.22. The van der Waals surface area contributed by atoms with Gasteiger partial charge in [-0.2, -0.15) is 13.2 Å². The first kappa shape index (κ1) is 22.0. The SMILES string of the molecule is O=C(CSc1nc2c([nH]c3ccccc32)c(=O)n1-c1cccc(C(F)(F)F)c1)c1ccccc1. The van der Waals surface area contributed by atoms with Gasteiger partial charge in [0, 0.05) is 16.5 Å². The molecule has 5 rings (SSSR count). The number of benzene rings is 3. The first-order valence-corrected chi connectivity index (χ1v) is 11.2. The minimum atomic E-state index is -4.57. The van der Waals surface area contributed by atoms with Crippen LogP contribution in [0.25, 0.3) is 27.6 Å². The highest BCUT2D eigenvalue weighted by Gasteiger charge is 2.31. The molecule has 2 aromatic heterocycles. The van der Waals surface area contributed by atoms with E-state index in [4.69, 9.17) is 0 Å². The lowest BCUT2D eigenvalue weighted by molar-refractivity contribution is -0.137. The van der Waals surface area contributed by atoms with Crippen LogP contribution >= 0.6 is 11.8 Å². The normalized spacial score (nSPS) is 11.9. The van der Waals surface area contributed by atoms with Gasteiger partial charge in [0.1, 0.15) is 11.0 Å². The van der Waals surface area contributed by atoms with Gasteiger partial charge in [-0.05, 0) is 24.3 Å². The molecule has 2 heterocycles. The minimum absolute atomic E-state index is 0.0162. The summed E-state index contributed by atoms with van der Waals surface area (Å²) in [6.07, 6.45) is -4.57. The van der Waals surface area contributed by atoms with Crippen molar-refractivity contribution < 1.29 is 18.0 Å². The molecular weight excluding hydrogens is 463 g/mol. The fourth-order valence-corrected chi connectivity index (χ4v) is 4.63. The van der Waals surface area contributed by atoms with Crippen LogP contribution in [0, 0.1) is 0 Å². The Hall–Kier alpha value is -3.85. The van der Waals surface area contributed by atoms with E-state index in [0.717, 1.165) is 28.5 Å². The summed E-state index contributed by atoms with van der Waals surface area (Å²) in [7, 11) is 0. The van der Waals surface area contributed by atoms with Gasteiger partial charge >= 0.3 is 6.18 Å². The van der Waals surface area contributed by atoms with E-state index in [9.17, 15) is 22.8 Å². The highest BCUT2D eigenvalue weighted by molar-refractivity contribution is 7.99. The van der Waals surface area contributed by atoms with Crippen LogP contribution in [0.1, 0.15) is 15.9 Å². The van der Waals surface area contributed by atoms with E-state index in [0.29, 0.717) is 22.0 Å². The lowest BCUT2D eigenvalue weighted by atomic mass is 10.2. The van der Waals surface area contributed by atoms with Gasteiger partial charge in [-0.3, -0.25) is 14.2 Å². The number of nitrogens with one attached hydrogen (secondary N) is 1. The standard InChI is InChI=1S/C25H16F3N3O2S/c26-25(27,28)16-9-6-10-17(13-16)31-23(33)22-21(18-11-4-5-12-19(18)29-22)30-24(31)34-14-20(32)15-7-2-1-3-8-15/h1-13,29H,14H2. The van der Waals surface area contributed by atoms with E-state index in [1.54, 1.807) is 54.6 Å². The van der Waals surface area contributed by atoms with Crippen LogP contribution in [0.3, 0.4) is 0 Å². The zero-order valence-electron chi connectivity index (χ0n) is 17.5. The van der Waals surface area contributed by atoms with Crippen molar-refractivity contribution >= 4 is 39.5 Å². The number of ketones is 1. The Balaban J connectivity index is 1.68. The highest BCUT2D eigenvalue weighted by atomic mass is 32.2. The zero-order chi connectivity index (χ0) is 23.9. The molecule has 170 valence electrons. The van der Waals surface area contributed by atoms with Gasteiger partial charge in [-0.25, -0.2) is 4.98 Å². The number of para-hydroxylation sites is 1. The predicted molar refractivity (Wildman–Crippen MR) is 126 cm³/mol. The summed E-state index contributed by atoms with van der Waals surface area (Å²) in [5.74, 6) is -0.224. The number of Topliss-reactive ketones (excluding diaryl/α,β-unsaturated/α-hetero) is 1. The molecule has 0 aliphatic carbocycles. The van der Waals surface area contributed by atoms with Crippen LogP contribution in [0.4, 0.5) is 13.2 Å². The molecule has 0 saturated carbocycles. The highest BCUT2D eigenvalue weighted by Crippen LogP contribution is 2.32. The second-order valence-corrected chi connectivity index (χ2v) is 8.50. The van der Waals surface area contributed by atoms with E-state index in [1.807, 2.05) is 0 Å². The number of fused-ring (bicyclic) bond motifs is 3. The Kier molecular flexibility index (Phi) is 5.49. The molecule has 0 spiro atoms. The van der Waals surface area contributed by atoms with E-state index in [1.165, 1.54) is 12.1 Å². The van der Waals surface area contributed by atoms with E-state index < -0.39 is 17.3 Å². The van der Waals surface area contributed by atoms with Crippen molar-refractivity contribution in [2.45, 2.75) is 11.3 Å². The lowest BCUT2D eigenvalue weighted by Gasteiger charge is -2.14. The summed E-state index contributed by atoms with van der Waals surface area (Å²) in [4.78, 5) is 33.8. The van der Waals surface area contributed by atoms with Crippen molar-refractivity contribution in [3.63, 3.8) is 0 Å². The van der Waals surface area contributed by atoms with Crippen LogP contribution in [0.5, 0.6) is 0 Å². The topological polar surface area (TPSA) is 67.8 Å². The number of H-pyrrole nitrogens is 1. The average molecular weight is 479 g/mol. The van der Waals surface area contributed by atoms with Crippen molar-refractivity contribution in [3.05, 3.63) is 100 Å². The number of hydrogen-bond donors (Lipinski definition) is 1. The number of alkyl halides is 3. The molecule has 3 aromatic carbocycles. The molecule has 5 aromatic rings. The third kappa shape index (κ3) is 3.99. The van der Waals surface area contributed by atoms with E-state index in [-0.39, 0.29) is 27.9 Å². The lowest BCUT2D eigenvalue weighted by Crippen LogP contribution is -2.22. The Morgan fingerprint density at radius 3 is 2.47 bits per heavy atom. The summed E-state index contributed by atoms with van der Waals surface area (Å²) >= 11 is 1.01. The molecule has 0 saturated heterocycles. The Bertz CT molecular complexity index is 1590. The summed E-state index contributed by atoms with van der Waals surface area (Å²) in [5.41, 5.74) is 0.342. The Labute approximate surface area is 195 Å². The second kappa shape index (κ2) is 8.49. The van der Waals surface area contributed by atoms with Gasteiger partial charge in [0.05, 0.1) is 17.0 Å². The number of rotatable bonds is 5. The third-order valence-electron chi connectivity index (χ3n) is 5.35. The van der Waals surface area contributed by atoms with Crippen molar-refractivity contribution in [1.82, 2.24) is 14.5 Å². The number of carbonyl (C=O) groups excluding carboxylic acids is 1. The van der Waals surface area contributed by atoms with Crippen LogP contribution in [0.2, 0.25) is 0 Å². The molecule has 34 heavy (non-hydrogen) atoms. The number of aromatic amines is 1. The van der Waals surface area contributed by atoms with Gasteiger partial charge in [0.2, 0.25) is 0 Å². The van der Waals surface area contributed by atoms with Gasteiger partial charge in [0.25, 0.3) is 5.56 Å². The molecule has 0 amide bonds. The molecule has 0 aliphatic heterocycles. The maximum Gasteiger partial charge on any atom is 0.416 e. The predicted octanol–water partition coefficient (Wildman–Crippen LogP) is 5.86. The summed E-state index contributed by atoms with van der Waals surface area (Å²) in [6.45, 7) is 0. The van der Waals surface area contributed by atoms with Gasteiger partial charge in [-0.1, -0.05) is 66.4 Å². The number of thioether (sulfide) groups is 1. The maximum absolute atomic E-state index is 13.5. The fourth-order valence-electron chi connectivity index (χ4n) is 3.73. The zero-order valence-corrected chi connectivity index (χ0v) is 18.3. The van der Waals surface area contributed by atoms with Crippen molar-refractivity contribution in [3.8, 4) is 5.69 Å². The van der Waals surface area contributed by atoms with Gasteiger partial charge < -0.3 is 4.98 Å². The van der Waals surface area contributed by atoms with E-state index >= 15 is 0 Å².